The van der Waals surface area contributed by atoms with Crippen LogP contribution in [-0.2, 0) is 29.5 Å². The van der Waals surface area contributed by atoms with E-state index in [2.05, 4.69) is 10.6 Å². The Balaban J connectivity index is 1.88. The lowest BCUT2D eigenvalue weighted by Gasteiger charge is -2.36. The van der Waals surface area contributed by atoms with Gasteiger partial charge in [-0.05, 0) is 13.8 Å². The fourth-order valence-electron chi connectivity index (χ4n) is 2.51. The summed E-state index contributed by atoms with van der Waals surface area (Å²) in [5, 5.41) is 4.45. The lowest BCUT2D eigenvalue weighted by atomic mass is 10.1. The number of hydrogen-bond acceptors (Lipinski definition) is 7. The van der Waals surface area contributed by atoms with E-state index in [1.54, 1.807) is 6.92 Å². The van der Waals surface area contributed by atoms with Crippen LogP contribution in [0.2, 0.25) is 0 Å². The SMILES string of the molecule is CCN1CCN(C(=O)N[C@H](C)C(=O)NC2CN(S(=O)(=O)O)C2=O)C(=O)C1=O. The second-order valence-corrected chi connectivity index (χ2v) is 7.26. The number of imide groups is 1. The van der Waals surface area contributed by atoms with Crippen LogP contribution in [-0.4, -0.2) is 95.0 Å². The van der Waals surface area contributed by atoms with E-state index in [1.165, 1.54) is 11.8 Å². The first-order chi connectivity index (χ1) is 12.5. The highest BCUT2D eigenvalue weighted by atomic mass is 32.2. The number of likely N-dealkylation sites (N-methyl/N-ethyl adjacent to an activating group) is 1. The van der Waals surface area contributed by atoms with E-state index in [-0.39, 0.29) is 17.4 Å². The van der Waals surface area contributed by atoms with E-state index in [0.717, 1.165) is 0 Å². The van der Waals surface area contributed by atoms with Gasteiger partial charge in [0.1, 0.15) is 12.1 Å². The lowest BCUT2D eigenvalue weighted by molar-refractivity contribution is -0.153. The van der Waals surface area contributed by atoms with Crippen LogP contribution in [0, 0.1) is 0 Å². The summed E-state index contributed by atoms with van der Waals surface area (Å²) in [5.41, 5.74) is 0. The molecule has 13 nitrogen and oxygen atoms in total. The number of rotatable bonds is 5. The molecule has 2 atom stereocenters. The number of hydrogen-bond donors (Lipinski definition) is 3. The van der Waals surface area contributed by atoms with Gasteiger partial charge in [-0.25, -0.2) is 9.10 Å². The number of nitrogens with one attached hydrogen (secondary N) is 2. The fraction of sp³-hybridized carbons (Fsp3) is 0.615. The van der Waals surface area contributed by atoms with Crippen molar-refractivity contribution in [3.63, 3.8) is 0 Å². The number of piperazine rings is 1. The van der Waals surface area contributed by atoms with Gasteiger partial charge in [-0.3, -0.25) is 28.6 Å². The van der Waals surface area contributed by atoms with Crippen LogP contribution in [0.5, 0.6) is 0 Å². The number of carbonyl (C=O) groups is 5. The van der Waals surface area contributed by atoms with E-state index in [9.17, 15) is 32.4 Å². The minimum atomic E-state index is -4.67. The van der Waals surface area contributed by atoms with E-state index in [0.29, 0.717) is 11.4 Å². The third-order valence-corrected chi connectivity index (χ3v) is 5.04. The molecule has 0 aromatic carbocycles. The Morgan fingerprint density at radius 1 is 1.22 bits per heavy atom. The van der Waals surface area contributed by atoms with Crippen LogP contribution in [0.25, 0.3) is 0 Å². The monoisotopic (exact) mass is 405 g/mol. The molecule has 6 amide bonds. The van der Waals surface area contributed by atoms with Gasteiger partial charge in [0.15, 0.2) is 0 Å². The number of nitrogens with zero attached hydrogens (tertiary/aromatic N) is 3. The third-order valence-electron chi connectivity index (χ3n) is 4.16. The second-order valence-electron chi connectivity index (χ2n) is 5.92. The molecule has 3 N–H and O–H groups in total. The maximum absolute atomic E-state index is 12.1. The maximum Gasteiger partial charge on any atom is 0.362 e. The van der Waals surface area contributed by atoms with Gasteiger partial charge in [0, 0.05) is 19.6 Å². The van der Waals surface area contributed by atoms with Crippen LogP contribution in [0.1, 0.15) is 13.8 Å². The Kier molecular flexibility index (Phi) is 5.70. The standard InChI is InChI=1S/C13H19N5O8S/c1-3-16-4-5-17(12(22)11(16)21)13(23)14-7(2)9(19)15-8-6-18(10(8)20)27(24,25)26/h7-8H,3-6H2,1-2H3,(H,14,23)(H,15,19)(H,24,25,26)/t7-,8?/m1/s1. The fourth-order valence-corrected chi connectivity index (χ4v) is 3.20. The van der Waals surface area contributed by atoms with Gasteiger partial charge in [-0.1, -0.05) is 0 Å². The van der Waals surface area contributed by atoms with Crippen molar-refractivity contribution in [1.82, 2.24) is 24.7 Å². The third kappa shape index (κ3) is 4.16. The molecule has 2 saturated heterocycles. The number of β-lactam (4-membered cyclic amide) rings is 1. The Bertz CT molecular complexity index is 797. The molecule has 0 bridgehead atoms. The van der Waals surface area contributed by atoms with E-state index in [1.807, 2.05) is 0 Å². The van der Waals surface area contributed by atoms with Crippen molar-refractivity contribution in [1.29, 1.82) is 0 Å². The predicted molar refractivity (Wildman–Crippen MR) is 87.2 cm³/mol. The van der Waals surface area contributed by atoms with Gasteiger partial charge in [0.25, 0.3) is 5.91 Å². The first-order valence-electron chi connectivity index (χ1n) is 7.98. The van der Waals surface area contributed by atoms with Crippen LogP contribution in [0.15, 0.2) is 0 Å². The van der Waals surface area contributed by atoms with E-state index >= 15 is 0 Å². The molecule has 2 aliphatic rings. The Morgan fingerprint density at radius 3 is 2.37 bits per heavy atom. The molecule has 150 valence electrons. The average Bonchev–Trinajstić information content (AvgIpc) is 2.58. The number of amides is 6. The summed E-state index contributed by atoms with van der Waals surface area (Å²) in [4.78, 5) is 61.4. The Labute approximate surface area is 154 Å². The first kappa shape index (κ1) is 20.6. The van der Waals surface area contributed by atoms with Gasteiger partial charge < -0.3 is 15.5 Å². The van der Waals surface area contributed by atoms with Crippen LogP contribution in [0.3, 0.4) is 0 Å². The zero-order chi connectivity index (χ0) is 20.5. The molecule has 2 heterocycles. The molecule has 0 aromatic rings. The van der Waals surface area contributed by atoms with Gasteiger partial charge in [-0.2, -0.15) is 8.42 Å². The second kappa shape index (κ2) is 7.48. The summed E-state index contributed by atoms with van der Waals surface area (Å²) in [6.45, 7) is 3.02. The summed E-state index contributed by atoms with van der Waals surface area (Å²) in [7, 11) is -4.67. The lowest BCUT2D eigenvalue weighted by Crippen LogP contribution is -2.67. The van der Waals surface area contributed by atoms with Crippen molar-refractivity contribution < 1.29 is 36.9 Å². The van der Waals surface area contributed by atoms with Crippen molar-refractivity contribution in [3.8, 4) is 0 Å². The van der Waals surface area contributed by atoms with Crippen molar-refractivity contribution in [2.24, 2.45) is 0 Å². The molecule has 27 heavy (non-hydrogen) atoms. The van der Waals surface area contributed by atoms with Crippen molar-refractivity contribution >= 4 is 40.0 Å². The summed E-state index contributed by atoms with van der Waals surface area (Å²) in [5.74, 6) is -3.64. The molecular formula is C13H19N5O8S. The van der Waals surface area contributed by atoms with Crippen LogP contribution >= 0.6 is 0 Å². The molecule has 0 spiro atoms. The molecule has 0 radical (unpaired) electrons. The topological polar surface area (TPSA) is 173 Å². The normalized spacial score (nSPS) is 21.7. The minimum Gasteiger partial charge on any atom is -0.341 e. The number of carbonyl (C=O) groups excluding carboxylic acids is 5. The number of urea groups is 1. The van der Waals surface area contributed by atoms with Crippen LogP contribution in [0.4, 0.5) is 4.79 Å². The highest BCUT2D eigenvalue weighted by Gasteiger charge is 2.45. The molecule has 2 aliphatic heterocycles. The molecule has 0 saturated carbocycles. The summed E-state index contributed by atoms with van der Waals surface area (Å²) < 4.78 is 30.6. The van der Waals surface area contributed by atoms with Crippen molar-refractivity contribution in [2.45, 2.75) is 25.9 Å². The molecule has 0 aliphatic carbocycles. The van der Waals surface area contributed by atoms with Crippen molar-refractivity contribution in [3.05, 3.63) is 0 Å². The van der Waals surface area contributed by atoms with Gasteiger partial charge in [0.2, 0.25) is 5.91 Å². The Morgan fingerprint density at radius 2 is 1.85 bits per heavy atom. The largest absolute Gasteiger partial charge is 0.362 e. The molecule has 0 aromatic heterocycles. The average molecular weight is 405 g/mol. The molecule has 14 heteroatoms. The molecule has 2 fully saturated rings. The molecule has 2 rings (SSSR count). The highest BCUT2D eigenvalue weighted by Crippen LogP contribution is 2.14. The summed E-state index contributed by atoms with van der Waals surface area (Å²) in [6.07, 6.45) is 0. The molecule has 1 unspecified atom stereocenters. The zero-order valence-corrected chi connectivity index (χ0v) is 15.4. The van der Waals surface area contributed by atoms with E-state index in [4.69, 9.17) is 4.55 Å². The zero-order valence-electron chi connectivity index (χ0n) is 14.5. The smallest absolute Gasteiger partial charge is 0.341 e. The van der Waals surface area contributed by atoms with Gasteiger partial charge >= 0.3 is 28.1 Å². The quantitative estimate of drug-likeness (QED) is 0.245. The van der Waals surface area contributed by atoms with Crippen molar-refractivity contribution in [2.75, 3.05) is 26.2 Å². The highest BCUT2D eigenvalue weighted by molar-refractivity contribution is 7.84. The predicted octanol–water partition coefficient (Wildman–Crippen LogP) is -3.09. The van der Waals surface area contributed by atoms with E-state index < -0.39 is 58.6 Å². The molecular weight excluding hydrogens is 386 g/mol. The maximum atomic E-state index is 12.1. The minimum absolute atomic E-state index is 0.0248. The van der Waals surface area contributed by atoms with Gasteiger partial charge in [-0.15, -0.1) is 0 Å². The summed E-state index contributed by atoms with van der Waals surface area (Å²) >= 11 is 0. The van der Waals surface area contributed by atoms with Gasteiger partial charge in [0.05, 0.1) is 6.54 Å². The first-order valence-corrected chi connectivity index (χ1v) is 9.37. The van der Waals surface area contributed by atoms with Crippen LogP contribution < -0.4 is 10.6 Å². The Hall–Kier alpha value is -2.74. The summed E-state index contributed by atoms with van der Waals surface area (Å²) in [6, 6.07) is -3.27.